The third-order valence-electron chi connectivity index (χ3n) is 4.47. The minimum atomic E-state index is -1.08. The zero-order chi connectivity index (χ0) is 20.8. The number of nitrogens with one attached hydrogen (secondary N) is 1. The van der Waals surface area contributed by atoms with Gasteiger partial charge in [-0.25, -0.2) is 14.8 Å². The van der Waals surface area contributed by atoms with Crippen molar-refractivity contribution in [3.63, 3.8) is 0 Å². The fraction of sp³-hybridized carbons (Fsp3) is 0.136. The van der Waals surface area contributed by atoms with Crippen LogP contribution < -0.4 is 10.0 Å². The number of pyridine rings is 1. The van der Waals surface area contributed by atoms with Crippen molar-refractivity contribution in [2.75, 3.05) is 5.32 Å². The number of carbonyl (C=O) groups is 2. The van der Waals surface area contributed by atoms with Gasteiger partial charge in [-0.1, -0.05) is 60.1 Å². The van der Waals surface area contributed by atoms with Crippen molar-refractivity contribution in [3.05, 3.63) is 88.7 Å². The van der Waals surface area contributed by atoms with E-state index in [0.29, 0.717) is 20.9 Å². The predicted octanol–water partition coefficient (Wildman–Crippen LogP) is 3.91. The molecule has 6 nitrogen and oxygen atoms in total. The molecule has 29 heavy (non-hydrogen) atoms. The van der Waals surface area contributed by atoms with Crippen molar-refractivity contribution in [2.24, 2.45) is 5.92 Å². The molecule has 0 radical (unpaired) electrons. The van der Waals surface area contributed by atoms with E-state index in [2.05, 4.69) is 5.32 Å². The van der Waals surface area contributed by atoms with Crippen molar-refractivity contribution in [1.82, 2.24) is 0 Å². The molecule has 1 amide bonds. The van der Waals surface area contributed by atoms with E-state index in [1.807, 2.05) is 36.4 Å². The lowest BCUT2D eigenvalue weighted by Crippen LogP contribution is -2.35. The van der Waals surface area contributed by atoms with Gasteiger partial charge in [0.05, 0.1) is 12.3 Å². The molecule has 0 unspecified atom stereocenters. The molecule has 2 N–H and O–H groups in total. The van der Waals surface area contributed by atoms with Crippen LogP contribution in [0, 0.1) is 11.1 Å². The lowest BCUT2D eigenvalue weighted by Gasteiger charge is -2.14. The maximum Gasteiger partial charge on any atom is 0.311 e. The monoisotopic (exact) mass is 410 g/mol. The molecule has 0 saturated heterocycles. The summed E-state index contributed by atoms with van der Waals surface area (Å²) in [6.07, 6.45) is 1.24. The molecule has 0 aliphatic rings. The fourth-order valence-corrected chi connectivity index (χ4v) is 3.27. The Kier molecular flexibility index (Phi) is 6.46. The Morgan fingerprint density at radius 1 is 1.03 bits per heavy atom. The summed E-state index contributed by atoms with van der Waals surface area (Å²) in [4.78, 5) is 23.9. The highest BCUT2D eigenvalue weighted by molar-refractivity contribution is 6.33. The summed E-state index contributed by atoms with van der Waals surface area (Å²) < 4.78 is 0.539. The number of carboxylic acids is 1. The molecule has 1 atom stereocenters. The molecule has 2 aromatic carbocycles. The van der Waals surface area contributed by atoms with Gasteiger partial charge in [0.25, 0.3) is 5.82 Å². The molecule has 0 aliphatic heterocycles. The van der Waals surface area contributed by atoms with E-state index in [4.69, 9.17) is 16.7 Å². The van der Waals surface area contributed by atoms with Crippen LogP contribution in [0.5, 0.6) is 0 Å². The normalized spacial score (nSPS) is 11.6. The number of hydrogen-bond acceptors (Lipinski definition) is 3. The number of halogens is 1. The van der Waals surface area contributed by atoms with E-state index in [1.165, 1.54) is 12.3 Å². The Bertz CT molecular complexity index is 1020. The average Bonchev–Trinajstić information content (AvgIpc) is 2.70. The molecule has 148 valence electrons. The molecule has 0 saturated carbocycles. The highest BCUT2D eigenvalue weighted by Crippen LogP contribution is 2.27. The lowest BCUT2D eigenvalue weighted by molar-refractivity contribution is -0.589. The summed E-state index contributed by atoms with van der Waals surface area (Å²) in [7, 11) is 0. The standard InChI is InChI=1S/C22H19ClN2O4/c23-19-9-5-4-8-18(19)16-10-11-20(25(29)14-16)24-22(28)17(13-21(26)27)12-15-6-2-1-3-7-15/h1-11,14,17H,12-13H2,(H,24,28)(H,26,27)/t17-/m1/s1. The first-order chi connectivity index (χ1) is 13.9. The number of aliphatic carboxylic acids is 1. The number of carboxylic acid groups (broad SMARTS) is 1. The Labute approximate surface area is 173 Å². The molecular weight excluding hydrogens is 392 g/mol. The van der Waals surface area contributed by atoms with Crippen molar-refractivity contribution < 1.29 is 19.4 Å². The number of rotatable bonds is 7. The van der Waals surface area contributed by atoms with Gasteiger partial charge < -0.3 is 10.3 Å². The fourth-order valence-electron chi connectivity index (χ4n) is 3.03. The van der Waals surface area contributed by atoms with Crippen molar-refractivity contribution in [3.8, 4) is 11.1 Å². The highest BCUT2D eigenvalue weighted by Gasteiger charge is 2.26. The van der Waals surface area contributed by atoms with E-state index in [-0.39, 0.29) is 18.7 Å². The molecular formula is C22H19ClN2O4. The Balaban J connectivity index is 1.78. The number of nitrogens with zero attached hydrogens (tertiary/aromatic N) is 1. The molecule has 0 aliphatic carbocycles. The first-order valence-corrected chi connectivity index (χ1v) is 9.36. The number of benzene rings is 2. The number of hydrogen-bond donors (Lipinski definition) is 2. The summed E-state index contributed by atoms with van der Waals surface area (Å²) in [6, 6.07) is 19.4. The van der Waals surface area contributed by atoms with Crippen LogP contribution in [0.1, 0.15) is 12.0 Å². The van der Waals surface area contributed by atoms with Crippen LogP contribution in [0.25, 0.3) is 11.1 Å². The first-order valence-electron chi connectivity index (χ1n) is 8.98. The van der Waals surface area contributed by atoms with Gasteiger partial charge >= 0.3 is 11.9 Å². The summed E-state index contributed by atoms with van der Waals surface area (Å²) in [5.74, 6) is -2.39. The SMILES string of the molecule is O=C(O)C[C@@H](Cc1ccccc1)C(=O)Nc1ccc(-c2ccccc2Cl)c[n+]1[O-]. The third kappa shape index (κ3) is 5.33. The van der Waals surface area contributed by atoms with Crippen LogP contribution in [-0.4, -0.2) is 17.0 Å². The Morgan fingerprint density at radius 2 is 1.72 bits per heavy atom. The van der Waals surface area contributed by atoms with E-state index in [9.17, 15) is 14.8 Å². The van der Waals surface area contributed by atoms with Gasteiger partial charge in [0.1, 0.15) is 6.20 Å². The summed E-state index contributed by atoms with van der Waals surface area (Å²) in [6.45, 7) is 0. The quantitative estimate of drug-likeness (QED) is 0.456. The second-order valence-corrected chi connectivity index (χ2v) is 6.99. The molecule has 7 heteroatoms. The van der Waals surface area contributed by atoms with Gasteiger partial charge in [0.2, 0.25) is 0 Å². The van der Waals surface area contributed by atoms with E-state index >= 15 is 0 Å². The smallest absolute Gasteiger partial charge is 0.311 e. The zero-order valence-electron chi connectivity index (χ0n) is 15.4. The van der Waals surface area contributed by atoms with Crippen LogP contribution in [-0.2, 0) is 16.0 Å². The summed E-state index contributed by atoms with van der Waals surface area (Å²) >= 11 is 6.17. The minimum absolute atomic E-state index is 0.0225. The number of anilines is 1. The predicted molar refractivity (Wildman–Crippen MR) is 110 cm³/mol. The van der Waals surface area contributed by atoms with Crippen molar-refractivity contribution in [2.45, 2.75) is 12.8 Å². The number of aromatic nitrogens is 1. The highest BCUT2D eigenvalue weighted by atomic mass is 35.5. The molecule has 0 spiro atoms. The first kappa shape index (κ1) is 20.4. The second-order valence-electron chi connectivity index (χ2n) is 6.58. The van der Waals surface area contributed by atoms with Crippen LogP contribution in [0.4, 0.5) is 5.82 Å². The maximum absolute atomic E-state index is 12.7. The molecule has 1 heterocycles. The van der Waals surface area contributed by atoms with Crippen LogP contribution in [0.15, 0.2) is 72.9 Å². The largest absolute Gasteiger partial charge is 0.711 e. The minimum Gasteiger partial charge on any atom is -0.711 e. The lowest BCUT2D eigenvalue weighted by atomic mass is 9.95. The van der Waals surface area contributed by atoms with E-state index in [1.54, 1.807) is 24.3 Å². The number of amides is 1. The molecule has 0 bridgehead atoms. The van der Waals surface area contributed by atoms with Gasteiger partial charge in [0, 0.05) is 22.2 Å². The van der Waals surface area contributed by atoms with Crippen LogP contribution >= 0.6 is 11.6 Å². The van der Waals surface area contributed by atoms with Gasteiger partial charge in [-0.05, 0) is 24.1 Å². The topological polar surface area (TPSA) is 93.3 Å². The molecule has 1 aromatic heterocycles. The Morgan fingerprint density at radius 3 is 2.38 bits per heavy atom. The van der Waals surface area contributed by atoms with Gasteiger partial charge in [-0.15, -0.1) is 0 Å². The maximum atomic E-state index is 12.7. The van der Waals surface area contributed by atoms with Crippen LogP contribution in [0.2, 0.25) is 5.02 Å². The van der Waals surface area contributed by atoms with Crippen molar-refractivity contribution >= 4 is 29.3 Å². The summed E-state index contributed by atoms with van der Waals surface area (Å²) in [5, 5.41) is 24.6. The second kappa shape index (κ2) is 9.21. The average molecular weight is 411 g/mol. The third-order valence-corrected chi connectivity index (χ3v) is 4.80. The Hall–Kier alpha value is -3.38. The van der Waals surface area contributed by atoms with Crippen molar-refractivity contribution in [1.29, 1.82) is 0 Å². The number of carbonyl (C=O) groups excluding carboxylic acids is 1. The zero-order valence-corrected chi connectivity index (χ0v) is 16.2. The van der Waals surface area contributed by atoms with E-state index < -0.39 is 17.8 Å². The summed E-state index contributed by atoms with van der Waals surface area (Å²) in [5.41, 5.74) is 2.15. The molecule has 3 rings (SSSR count). The molecule has 3 aromatic rings. The molecule has 0 fully saturated rings. The van der Waals surface area contributed by atoms with Gasteiger partial charge in [0.15, 0.2) is 0 Å². The van der Waals surface area contributed by atoms with Gasteiger partial charge in [-0.2, -0.15) is 0 Å². The van der Waals surface area contributed by atoms with Gasteiger partial charge in [-0.3, -0.25) is 4.79 Å². The van der Waals surface area contributed by atoms with Crippen LogP contribution in [0.3, 0.4) is 0 Å². The van der Waals surface area contributed by atoms with E-state index in [0.717, 1.165) is 5.56 Å².